The number of fused-ring (bicyclic) bond motifs is 3. The Kier molecular flexibility index (Phi) is 12.4. The summed E-state index contributed by atoms with van der Waals surface area (Å²) in [5.41, 5.74) is 3.84. The first-order chi connectivity index (χ1) is 30.1. The first-order valence-corrected chi connectivity index (χ1v) is 22.6. The molecule has 2 N–H and O–H groups in total. The van der Waals surface area contributed by atoms with Crippen LogP contribution in [0.15, 0.2) is 59.9 Å². The molecule has 328 valence electrons. The first kappa shape index (κ1) is 44.2. The molecule has 5 heterocycles. The molecule has 2 fully saturated rings. The van der Waals surface area contributed by atoms with Gasteiger partial charge in [-0.25, -0.2) is 9.97 Å². The van der Waals surface area contributed by atoms with Gasteiger partial charge in [-0.2, -0.15) is 5.26 Å². The van der Waals surface area contributed by atoms with E-state index in [4.69, 9.17) is 37.7 Å². The number of benzene rings is 2. The Morgan fingerprint density at radius 3 is 2.35 bits per heavy atom. The van der Waals surface area contributed by atoms with Crippen LogP contribution in [0.25, 0.3) is 5.00 Å². The quantitative estimate of drug-likeness (QED) is 0.117. The van der Waals surface area contributed by atoms with Crippen molar-refractivity contribution in [1.82, 2.24) is 35.4 Å². The Bertz CT molecular complexity index is 2590. The fraction of sp³-hybridized carbons (Fsp3) is 0.435. The Labute approximate surface area is 381 Å². The van der Waals surface area contributed by atoms with E-state index >= 15 is 0 Å². The number of piperidine rings is 1. The summed E-state index contributed by atoms with van der Waals surface area (Å²) in [5.74, 6) is 2.10. The van der Waals surface area contributed by atoms with Gasteiger partial charge in [0.05, 0.1) is 41.0 Å². The summed E-state index contributed by atoms with van der Waals surface area (Å²) in [6.07, 6.45) is 4.59. The zero-order chi connectivity index (χ0) is 44.8. The molecule has 1 saturated heterocycles. The van der Waals surface area contributed by atoms with Crippen molar-refractivity contribution in [3.8, 4) is 16.8 Å². The van der Waals surface area contributed by atoms with Crippen LogP contribution in [-0.2, 0) is 9.53 Å². The highest BCUT2D eigenvalue weighted by atomic mass is 35.5. The molecule has 63 heavy (non-hydrogen) atoms. The van der Waals surface area contributed by atoms with E-state index in [1.165, 1.54) is 4.88 Å². The second-order valence-electron chi connectivity index (χ2n) is 17.6. The van der Waals surface area contributed by atoms with Crippen LogP contribution in [0.5, 0.6) is 5.75 Å². The molecule has 1 saturated carbocycles. The minimum atomic E-state index is -0.551. The van der Waals surface area contributed by atoms with Gasteiger partial charge >= 0.3 is 0 Å². The molecule has 1 atom stereocenters. The predicted octanol–water partition coefficient (Wildman–Crippen LogP) is 7.92. The van der Waals surface area contributed by atoms with Crippen molar-refractivity contribution in [3.63, 3.8) is 0 Å². The Hall–Kier alpha value is -5.40. The van der Waals surface area contributed by atoms with Crippen molar-refractivity contribution < 1.29 is 19.1 Å². The molecular formula is C46H50Cl2N10O4S. The van der Waals surface area contributed by atoms with Gasteiger partial charge in [0.25, 0.3) is 5.91 Å². The fourth-order valence-electron chi connectivity index (χ4n) is 9.43. The number of thiophene rings is 1. The lowest BCUT2D eigenvalue weighted by Crippen LogP contribution is -2.74. The van der Waals surface area contributed by atoms with E-state index in [1.54, 1.807) is 41.9 Å². The highest BCUT2D eigenvalue weighted by Gasteiger charge is 2.64. The molecule has 0 spiro atoms. The van der Waals surface area contributed by atoms with Crippen molar-refractivity contribution in [3.05, 3.63) is 109 Å². The van der Waals surface area contributed by atoms with Crippen molar-refractivity contribution in [2.45, 2.75) is 92.0 Å². The maximum atomic E-state index is 13.4. The average molecular weight is 910 g/mol. The maximum Gasteiger partial charge on any atom is 0.254 e. The third-order valence-electron chi connectivity index (χ3n) is 12.6. The van der Waals surface area contributed by atoms with Gasteiger partial charge in [0.15, 0.2) is 5.82 Å². The van der Waals surface area contributed by atoms with E-state index in [-0.39, 0.29) is 36.5 Å². The smallest absolute Gasteiger partial charge is 0.254 e. The van der Waals surface area contributed by atoms with Crippen LogP contribution in [0.1, 0.15) is 102 Å². The van der Waals surface area contributed by atoms with Gasteiger partial charge in [-0.3, -0.25) is 19.1 Å². The molecule has 0 radical (unpaired) electrons. The monoisotopic (exact) mass is 908 g/mol. The molecule has 3 aromatic heterocycles. The lowest BCUT2D eigenvalue weighted by molar-refractivity contribution is -0.164. The number of nitrogens with one attached hydrogen (secondary N) is 2. The molecule has 0 unspecified atom stereocenters. The Morgan fingerprint density at radius 1 is 0.984 bits per heavy atom. The molecule has 17 heteroatoms. The Balaban J connectivity index is 0.807. The van der Waals surface area contributed by atoms with Crippen LogP contribution in [0.2, 0.25) is 10.0 Å². The van der Waals surface area contributed by atoms with E-state index in [9.17, 15) is 14.9 Å². The van der Waals surface area contributed by atoms with Crippen LogP contribution in [0.3, 0.4) is 0 Å². The number of aromatic nitrogens is 5. The number of nitrogens with zero attached hydrogens (tertiary/aromatic N) is 8. The van der Waals surface area contributed by atoms with Crippen molar-refractivity contribution in [2.24, 2.45) is 15.8 Å². The van der Waals surface area contributed by atoms with Gasteiger partial charge in [0.1, 0.15) is 34.8 Å². The molecule has 5 aromatic rings. The summed E-state index contributed by atoms with van der Waals surface area (Å²) >= 11 is 14.2. The van der Waals surface area contributed by atoms with Gasteiger partial charge in [-0.1, -0.05) is 63.0 Å². The maximum absolute atomic E-state index is 13.4. The van der Waals surface area contributed by atoms with Crippen molar-refractivity contribution in [1.29, 1.82) is 5.26 Å². The summed E-state index contributed by atoms with van der Waals surface area (Å²) in [5, 5.41) is 26.3. The zero-order valence-corrected chi connectivity index (χ0v) is 38.7. The number of hydrogen-bond donors (Lipinski definition) is 2. The second-order valence-corrected chi connectivity index (χ2v) is 19.6. The van der Waals surface area contributed by atoms with Crippen LogP contribution in [0, 0.1) is 42.9 Å². The van der Waals surface area contributed by atoms with Crippen LogP contribution < -0.4 is 20.3 Å². The van der Waals surface area contributed by atoms with E-state index in [1.807, 2.05) is 35.8 Å². The lowest BCUT2D eigenvalue weighted by atomic mass is 9.49. The van der Waals surface area contributed by atoms with E-state index < -0.39 is 16.9 Å². The van der Waals surface area contributed by atoms with E-state index in [2.05, 4.69) is 83.3 Å². The number of halogens is 2. The molecule has 2 amide bonds. The number of rotatable bonds is 12. The third kappa shape index (κ3) is 8.66. The standard InChI is InChI=1S/C46H50Cl2N10O4S/c1-25-26(2)63-41-37(25)38(28-8-11-31(47)12-9-28)53-35(39-56-55-27(3)58(39)41)21-36(59)50-16-19-61-32-14-17-57(18-15-32)44-51-23-30(24-52-44)40(60)54-42-45(4,5)43(46(42,6)7)62-33-13-10-29(22-49)34(48)20-33/h8-13,20,23-24,32,35,42-43H,14-19,21H2,1-7H3,(H,50,59)(H,54,60)/t35-,42?,43?/m0/s1. The first-order valence-electron chi connectivity index (χ1n) is 21.1. The summed E-state index contributed by atoms with van der Waals surface area (Å²) < 4.78 is 14.6. The van der Waals surface area contributed by atoms with Gasteiger partial charge in [-0.15, -0.1) is 21.5 Å². The van der Waals surface area contributed by atoms with Gasteiger partial charge in [0.2, 0.25) is 11.9 Å². The van der Waals surface area contributed by atoms with Gasteiger partial charge in [-0.05, 0) is 63.4 Å². The number of anilines is 1. The second kappa shape index (κ2) is 17.6. The molecular weight excluding hydrogens is 860 g/mol. The number of amides is 2. The van der Waals surface area contributed by atoms with Crippen LogP contribution in [-0.4, -0.2) is 86.7 Å². The fourth-order valence-corrected chi connectivity index (χ4v) is 11.0. The minimum absolute atomic E-state index is 0.0275. The highest BCUT2D eigenvalue weighted by molar-refractivity contribution is 7.15. The van der Waals surface area contributed by atoms with E-state index in [0.29, 0.717) is 64.9 Å². The summed E-state index contributed by atoms with van der Waals surface area (Å²) in [4.78, 5) is 44.5. The van der Waals surface area contributed by atoms with Crippen molar-refractivity contribution >= 4 is 58.0 Å². The third-order valence-corrected chi connectivity index (χ3v) is 14.3. The zero-order valence-electron chi connectivity index (χ0n) is 36.3. The summed E-state index contributed by atoms with van der Waals surface area (Å²) in [6, 6.07) is 14.0. The molecule has 3 aliphatic rings. The number of carbonyl (C=O) groups is 2. The average Bonchev–Trinajstić information content (AvgIpc) is 3.75. The number of hydrogen-bond acceptors (Lipinski definition) is 12. The van der Waals surface area contributed by atoms with Gasteiger partial charge < -0.3 is 25.0 Å². The van der Waals surface area contributed by atoms with Crippen LogP contribution in [0.4, 0.5) is 5.95 Å². The lowest BCUT2D eigenvalue weighted by Gasteiger charge is -2.63. The Morgan fingerprint density at radius 2 is 1.68 bits per heavy atom. The SMILES string of the molecule is Cc1sc2c(c1C)C(c1ccc(Cl)cc1)=N[C@@H](CC(=O)NCCOC1CCN(c3ncc(C(=O)NC4C(C)(C)C(Oc5ccc(C#N)c(Cl)c5)C4(C)C)cn3)CC1)c1nnc(C)n1-2. The number of carbonyl (C=O) groups excluding carboxylic acids is 2. The molecule has 8 rings (SSSR count). The number of aliphatic imine (C=N–C) groups is 1. The van der Waals surface area contributed by atoms with Gasteiger partial charge in [0, 0.05) is 76.0 Å². The molecule has 0 bridgehead atoms. The number of ether oxygens (including phenoxy) is 2. The van der Waals surface area contributed by atoms with E-state index in [0.717, 1.165) is 46.1 Å². The molecule has 2 aromatic carbocycles. The summed E-state index contributed by atoms with van der Waals surface area (Å²) in [7, 11) is 0. The highest BCUT2D eigenvalue weighted by Crippen LogP contribution is 2.55. The molecule has 1 aliphatic carbocycles. The minimum Gasteiger partial charge on any atom is -0.489 e. The van der Waals surface area contributed by atoms with Crippen LogP contribution >= 0.6 is 34.5 Å². The number of aryl methyl sites for hydroxylation is 2. The molecule has 14 nitrogen and oxygen atoms in total. The largest absolute Gasteiger partial charge is 0.489 e. The molecule has 2 aliphatic heterocycles. The normalized spacial score (nSPS) is 20.0. The summed E-state index contributed by atoms with van der Waals surface area (Å²) in [6.45, 7) is 16.5. The van der Waals surface area contributed by atoms with Crippen molar-refractivity contribution in [2.75, 3.05) is 31.1 Å². The topological polar surface area (TPSA) is 173 Å². The number of nitriles is 1. The predicted molar refractivity (Wildman–Crippen MR) is 244 cm³/mol.